The monoisotopic (exact) mass is 418 g/mol. The van der Waals surface area contributed by atoms with E-state index < -0.39 is 33.7 Å². The average Bonchev–Trinajstić information content (AvgIpc) is 2.55. The summed E-state index contributed by atoms with van der Waals surface area (Å²) in [6.07, 6.45) is 1.62. The third kappa shape index (κ3) is 7.30. The molecule has 0 fully saturated rings. The lowest BCUT2D eigenvalue weighted by atomic mass is 9.93. The molecular formula is C20H29F3N2O2S. The van der Waals surface area contributed by atoms with Gasteiger partial charge in [0.2, 0.25) is 5.91 Å². The van der Waals surface area contributed by atoms with Gasteiger partial charge in [-0.05, 0) is 53.0 Å². The van der Waals surface area contributed by atoms with Crippen LogP contribution in [0.15, 0.2) is 47.9 Å². The minimum atomic E-state index is -4.29. The molecule has 0 radical (unpaired) electrons. The Hall–Kier alpha value is -1.83. The van der Waals surface area contributed by atoms with Gasteiger partial charge in [-0.1, -0.05) is 24.3 Å². The van der Waals surface area contributed by atoms with Crippen molar-refractivity contribution in [3.8, 4) is 0 Å². The van der Waals surface area contributed by atoms with E-state index in [9.17, 15) is 22.2 Å². The third-order valence-corrected chi connectivity index (χ3v) is 5.86. The number of hydrogen-bond acceptors (Lipinski definition) is 2. The maximum atomic E-state index is 12.8. The normalized spacial score (nSPS) is 20.6. The molecule has 0 saturated carbocycles. The van der Waals surface area contributed by atoms with Gasteiger partial charge >= 0.3 is 6.18 Å². The van der Waals surface area contributed by atoms with Gasteiger partial charge in [-0.2, -0.15) is 13.2 Å². The summed E-state index contributed by atoms with van der Waals surface area (Å²) in [7, 11) is -1.27. The number of carbonyl (C=O) groups excluding carboxylic acids is 1. The summed E-state index contributed by atoms with van der Waals surface area (Å²) < 4.78 is 53.0. The van der Waals surface area contributed by atoms with Gasteiger partial charge < -0.3 is 10.0 Å². The Morgan fingerprint density at radius 1 is 1.39 bits per heavy atom. The molecule has 0 bridgehead atoms. The zero-order chi connectivity index (χ0) is 21.7. The van der Waals surface area contributed by atoms with Gasteiger partial charge in [0, 0.05) is 11.4 Å². The summed E-state index contributed by atoms with van der Waals surface area (Å²) in [6, 6.07) is 0. The predicted molar refractivity (Wildman–Crippen MR) is 107 cm³/mol. The van der Waals surface area contributed by atoms with E-state index in [0.29, 0.717) is 23.4 Å². The van der Waals surface area contributed by atoms with Crippen molar-refractivity contribution in [3.05, 3.63) is 47.9 Å². The molecule has 0 spiro atoms. The summed E-state index contributed by atoms with van der Waals surface area (Å²) in [4.78, 5) is 12.5. The average molecular weight is 419 g/mol. The maximum absolute atomic E-state index is 12.8. The Balaban J connectivity index is 2.71. The van der Waals surface area contributed by atoms with Crippen molar-refractivity contribution < 1.29 is 22.2 Å². The summed E-state index contributed by atoms with van der Waals surface area (Å²) in [5, 5.41) is 2.69. The van der Waals surface area contributed by atoms with E-state index >= 15 is 0 Å². The molecule has 8 heteroatoms. The minimum Gasteiger partial charge on any atom is -0.326 e. The van der Waals surface area contributed by atoms with Crippen LogP contribution in [-0.2, 0) is 15.8 Å². The Morgan fingerprint density at radius 2 is 2.00 bits per heavy atom. The van der Waals surface area contributed by atoms with Crippen LogP contribution in [0.5, 0.6) is 0 Å². The van der Waals surface area contributed by atoms with E-state index in [1.807, 2.05) is 20.8 Å². The minimum absolute atomic E-state index is 0.198. The standard InChI is InChI=1S/C20H29F3N2O2S/c1-7-15(9-8-14(3)25-28(27)19(4,5)6)18(26)24-17-11-10-16(12-13(17)2)20(21,22)23/h7-8,11-12,15-16,25H,1,9-10H2,2-6H3,(H,24,26)/b14-8+. The van der Waals surface area contributed by atoms with E-state index in [1.54, 1.807) is 19.9 Å². The van der Waals surface area contributed by atoms with Crippen LogP contribution in [0, 0.1) is 11.8 Å². The van der Waals surface area contributed by atoms with Crippen molar-refractivity contribution in [3.63, 3.8) is 0 Å². The second-order valence-electron chi connectivity index (χ2n) is 7.79. The molecule has 28 heavy (non-hydrogen) atoms. The van der Waals surface area contributed by atoms with E-state index in [-0.39, 0.29) is 12.3 Å². The van der Waals surface area contributed by atoms with Crippen molar-refractivity contribution in [1.29, 1.82) is 0 Å². The number of carbonyl (C=O) groups is 1. The van der Waals surface area contributed by atoms with E-state index in [0.717, 1.165) is 6.08 Å². The second kappa shape index (κ2) is 9.58. The fraction of sp³-hybridized carbons (Fsp3) is 0.550. The smallest absolute Gasteiger partial charge is 0.326 e. The van der Waals surface area contributed by atoms with Crippen molar-refractivity contribution in [2.24, 2.45) is 11.8 Å². The van der Waals surface area contributed by atoms with Crippen LogP contribution in [0.3, 0.4) is 0 Å². The van der Waals surface area contributed by atoms with Crippen LogP contribution in [0.4, 0.5) is 13.2 Å². The number of amides is 1. The Bertz CT molecular complexity index is 716. The SMILES string of the molecule is C=CC(C/C=C(\C)NS(=O)C(C)(C)C)C(=O)NC1=CCC(C(F)(F)F)C=C1C. The quantitative estimate of drug-likeness (QED) is 0.591. The van der Waals surface area contributed by atoms with Crippen LogP contribution in [-0.4, -0.2) is 21.0 Å². The van der Waals surface area contributed by atoms with E-state index in [2.05, 4.69) is 16.6 Å². The lowest BCUT2D eigenvalue weighted by Crippen LogP contribution is -2.33. The molecule has 0 aliphatic heterocycles. The molecule has 1 amide bonds. The lowest BCUT2D eigenvalue weighted by Gasteiger charge is -2.23. The van der Waals surface area contributed by atoms with Gasteiger partial charge in [0.05, 0.1) is 16.6 Å². The van der Waals surface area contributed by atoms with Crippen molar-refractivity contribution in [1.82, 2.24) is 10.0 Å². The number of rotatable bonds is 7. The zero-order valence-electron chi connectivity index (χ0n) is 16.9. The first kappa shape index (κ1) is 24.2. The molecule has 158 valence electrons. The number of hydrogen-bond donors (Lipinski definition) is 2. The molecule has 0 aromatic carbocycles. The third-order valence-electron chi connectivity index (χ3n) is 4.24. The van der Waals surface area contributed by atoms with E-state index in [1.165, 1.54) is 12.2 Å². The fourth-order valence-corrected chi connectivity index (χ4v) is 3.11. The van der Waals surface area contributed by atoms with Gasteiger partial charge in [0.25, 0.3) is 0 Å². The van der Waals surface area contributed by atoms with Gasteiger partial charge in [-0.25, -0.2) is 4.21 Å². The number of allylic oxidation sites excluding steroid dienone is 5. The van der Waals surface area contributed by atoms with Crippen LogP contribution in [0.1, 0.15) is 47.5 Å². The molecule has 0 saturated heterocycles. The van der Waals surface area contributed by atoms with Crippen LogP contribution in [0.25, 0.3) is 0 Å². The molecule has 0 aromatic rings. The summed E-state index contributed by atoms with van der Waals surface area (Å²) >= 11 is 0. The molecule has 0 heterocycles. The molecule has 1 aliphatic rings. The molecule has 3 unspecified atom stereocenters. The van der Waals surface area contributed by atoms with Gasteiger partial charge in [-0.15, -0.1) is 6.58 Å². The largest absolute Gasteiger partial charge is 0.395 e. The van der Waals surface area contributed by atoms with Crippen LogP contribution in [0.2, 0.25) is 0 Å². The van der Waals surface area contributed by atoms with Gasteiger partial charge in [-0.3, -0.25) is 4.79 Å². The Labute approximate surface area is 167 Å². The maximum Gasteiger partial charge on any atom is 0.395 e. The highest BCUT2D eigenvalue weighted by Crippen LogP contribution is 2.34. The first-order valence-corrected chi connectivity index (χ1v) is 10.1. The highest BCUT2D eigenvalue weighted by Gasteiger charge is 2.38. The Kier molecular flexibility index (Phi) is 8.29. The number of nitrogens with one attached hydrogen (secondary N) is 2. The van der Waals surface area contributed by atoms with Crippen molar-refractivity contribution >= 4 is 16.9 Å². The second-order valence-corrected chi connectivity index (χ2v) is 9.76. The van der Waals surface area contributed by atoms with E-state index in [4.69, 9.17) is 0 Å². The summed E-state index contributed by atoms with van der Waals surface area (Å²) in [5.74, 6) is -2.43. The van der Waals surface area contributed by atoms with Crippen molar-refractivity contribution in [2.75, 3.05) is 0 Å². The molecule has 2 N–H and O–H groups in total. The predicted octanol–water partition coefficient (Wildman–Crippen LogP) is 4.66. The highest BCUT2D eigenvalue weighted by atomic mass is 32.2. The highest BCUT2D eigenvalue weighted by molar-refractivity contribution is 7.84. The molecule has 1 aliphatic carbocycles. The Morgan fingerprint density at radius 3 is 2.46 bits per heavy atom. The molecule has 3 atom stereocenters. The molecule has 4 nitrogen and oxygen atoms in total. The molecule has 0 aromatic heterocycles. The first-order chi connectivity index (χ1) is 12.8. The van der Waals surface area contributed by atoms with Crippen molar-refractivity contribution in [2.45, 2.75) is 58.4 Å². The fourth-order valence-electron chi connectivity index (χ4n) is 2.42. The van der Waals surface area contributed by atoms with Crippen LogP contribution >= 0.6 is 0 Å². The molecular weight excluding hydrogens is 389 g/mol. The number of alkyl halides is 3. The number of halogens is 3. The van der Waals surface area contributed by atoms with Gasteiger partial charge in [0.15, 0.2) is 0 Å². The first-order valence-electron chi connectivity index (χ1n) is 9.00. The zero-order valence-corrected chi connectivity index (χ0v) is 17.8. The van der Waals surface area contributed by atoms with Crippen LogP contribution < -0.4 is 10.0 Å². The van der Waals surface area contributed by atoms with Gasteiger partial charge in [0.1, 0.15) is 11.0 Å². The molecule has 1 rings (SSSR count). The summed E-state index contributed by atoms with van der Waals surface area (Å²) in [6.45, 7) is 12.5. The topological polar surface area (TPSA) is 58.2 Å². The summed E-state index contributed by atoms with van der Waals surface area (Å²) in [5.41, 5.74) is 1.46. The lowest BCUT2D eigenvalue weighted by molar-refractivity contribution is -0.160.